The monoisotopic (exact) mass is 406 g/mol. The maximum atomic E-state index is 13.6. The number of amides is 3. The molecular formula is C19H13F3N2O3S. The fourth-order valence-electron chi connectivity index (χ4n) is 2.48. The van der Waals surface area contributed by atoms with Gasteiger partial charge in [0.1, 0.15) is 6.54 Å². The number of hydrogen-bond donors (Lipinski definition) is 1. The van der Waals surface area contributed by atoms with Gasteiger partial charge in [-0.05, 0) is 48.0 Å². The van der Waals surface area contributed by atoms with Gasteiger partial charge >= 0.3 is 0 Å². The van der Waals surface area contributed by atoms with Crippen LogP contribution in [0.25, 0.3) is 6.08 Å². The summed E-state index contributed by atoms with van der Waals surface area (Å²) < 4.78 is 39.8. The highest BCUT2D eigenvalue weighted by Gasteiger charge is 2.36. The van der Waals surface area contributed by atoms with E-state index in [1.54, 1.807) is 18.2 Å². The quantitative estimate of drug-likeness (QED) is 0.614. The maximum absolute atomic E-state index is 13.6. The van der Waals surface area contributed by atoms with Crippen molar-refractivity contribution in [3.05, 3.63) is 69.9 Å². The van der Waals surface area contributed by atoms with Gasteiger partial charge in [-0.1, -0.05) is 24.3 Å². The molecular weight excluding hydrogens is 393 g/mol. The molecule has 1 aliphatic heterocycles. The number of hydrogen-bond acceptors (Lipinski definition) is 4. The lowest BCUT2D eigenvalue weighted by atomic mass is 10.1. The molecule has 0 saturated carbocycles. The van der Waals surface area contributed by atoms with E-state index in [0.29, 0.717) is 22.7 Å². The van der Waals surface area contributed by atoms with Crippen LogP contribution in [0.5, 0.6) is 0 Å². The molecule has 1 saturated heterocycles. The third-order valence-corrected chi connectivity index (χ3v) is 4.87. The number of nitrogens with one attached hydrogen (secondary N) is 1. The predicted octanol–water partition coefficient (Wildman–Crippen LogP) is 4.09. The number of carbonyl (C=O) groups is 3. The van der Waals surface area contributed by atoms with Gasteiger partial charge in [0.15, 0.2) is 17.5 Å². The fraction of sp³-hybridized carbons (Fsp3) is 0.105. The van der Waals surface area contributed by atoms with Crippen LogP contribution in [0.2, 0.25) is 0 Å². The molecule has 2 aromatic rings. The zero-order chi connectivity index (χ0) is 20.4. The Kier molecular flexibility index (Phi) is 5.55. The third kappa shape index (κ3) is 3.94. The molecule has 2 aromatic carbocycles. The van der Waals surface area contributed by atoms with E-state index >= 15 is 0 Å². The second kappa shape index (κ2) is 7.89. The molecule has 0 unspecified atom stereocenters. The summed E-state index contributed by atoms with van der Waals surface area (Å²) >= 11 is 0.676. The lowest BCUT2D eigenvalue weighted by Gasteiger charge is -2.13. The molecule has 0 aliphatic carbocycles. The van der Waals surface area contributed by atoms with Gasteiger partial charge in [0.25, 0.3) is 11.1 Å². The van der Waals surface area contributed by atoms with E-state index < -0.39 is 46.7 Å². The zero-order valence-electron chi connectivity index (χ0n) is 14.5. The summed E-state index contributed by atoms with van der Waals surface area (Å²) in [5, 5.41) is 1.36. The maximum Gasteiger partial charge on any atom is 0.294 e. The summed E-state index contributed by atoms with van der Waals surface area (Å²) in [7, 11) is 0. The van der Waals surface area contributed by atoms with E-state index in [1.807, 2.05) is 24.4 Å². The molecule has 5 nitrogen and oxygen atoms in total. The van der Waals surface area contributed by atoms with Crippen LogP contribution in [-0.4, -0.2) is 28.5 Å². The van der Waals surface area contributed by atoms with Gasteiger partial charge in [0, 0.05) is 0 Å². The van der Waals surface area contributed by atoms with Gasteiger partial charge in [0.2, 0.25) is 5.91 Å². The summed E-state index contributed by atoms with van der Waals surface area (Å²) in [6.07, 6.45) is 1.55. The highest BCUT2D eigenvalue weighted by atomic mass is 32.2. The van der Waals surface area contributed by atoms with Gasteiger partial charge in [-0.15, -0.1) is 0 Å². The minimum Gasteiger partial charge on any atom is -0.322 e. The molecule has 1 fully saturated rings. The predicted molar refractivity (Wildman–Crippen MR) is 98.8 cm³/mol. The smallest absolute Gasteiger partial charge is 0.294 e. The van der Waals surface area contributed by atoms with Gasteiger partial charge in [0.05, 0.1) is 10.6 Å². The topological polar surface area (TPSA) is 66.5 Å². The molecule has 0 spiro atoms. The minimum atomic E-state index is -1.73. The van der Waals surface area contributed by atoms with Crippen molar-refractivity contribution in [2.75, 3.05) is 11.9 Å². The Hall–Kier alpha value is -3.07. The number of thioether (sulfide) groups is 1. The van der Waals surface area contributed by atoms with Crippen molar-refractivity contribution in [1.82, 2.24) is 4.90 Å². The second-order valence-electron chi connectivity index (χ2n) is 5.90. The van der Waals surface area contributed by atoms with Crippen molar-refractivity contribution >= 4 is 40.6 Å². The summed E-state index contributed by atoms with van der Waals surface area (Å²) in [5.74, 6) is -6.29. The molecule has 28 heavy (non-hydrogen) atoms. The van der Waals surface area contributed by atoms with Crippen molar-refractivity contribution in [3.63, 3.8) is 0 Å². The first-order valence-corrected chi connectivity index (χ1v) is 8.84. The Bertz CT molecular complexity index is 1020. The molecule has 1 heterocycles. The second-order valence-corrected chi connectivity index (χ2v) is 6.89. The van der Waals surface area contributed by atoms with Crippen LogP contribution in [0.1, 0.15) is 11.1 Å². The Balaban J connectivity index is 1.73. The summed E-state index contributed by atoms with van der Waals surface area (Å²) in [6.45, 7) is 1.16. The Morgan fingerprint density at radius 3 is 2.54 bits per heavy atom. The summed E-state index contributed by atoms with van der Waals surface area (Å²) in [4.78, 5) is 37.4. The zero-order valence-corrected chi connectivity index (χ0v) is 15.3. The van der Waals surface area contributed by atoms with Gasteiger partial charge in [-0.25, -0.2) is 13.2 Å². The molecule has 0 atom stereocenters. The third-order valence-electron chi connectivity index (χ3n) is 3.96. The van der Waals surface area contributed by atoms with E-state index in [-0.39, 0.29) is 4.91 Å². The lowest BCUT2D eigenvalue weighted by molar-refractivity contribution is -0.127. The van der Waals surface area contributed by atoms with Gasteiger partial charge in [-0.3, -0.25) is 19.3 Å². The average Bonchev–Trinajstić information content (AvgIpc) is 2.91. The normalized spacial score (nSPS) is 15.4. The minimum absolute atomic E-state index is 0.145. The van der Waals surface area contributed by atoms with E-state index in [0.717, 1.165) is 17.2 Å². The molecule has 0 aromatic heterocycles. The van der Waals surface area contributed by atoms with Crippen LogP contribution in [0, 0.1) is 24.4 Å². The number of nitrogens with zero attached hydrogens (tertiary/aromatic N) is 1. The first kappa shape index (κ1) is 19.7. The van der Waals surface area contributed by atoms with Crippen molar-refractivity contribution < 1.29 is 27.6 Å². The van der Waals surface area contributed by atoms with Gasteiger partial charge < -0.3 is 5.32 Å². The van der Waals surface area contributed by atoms with Crippen molar-refractivity contribution in [1.29, 1.82) is 0 Å². The number of carbonyl (C=O) groups excluding carboxylic acids is 3. The molecule has 3 amide bonds. The molecule has 3 rings (SSSR count). The summed E-state index contributed by atoms with van der Waals surface area (Å²) in [5.41, 5.74) is 1.06. The number of aryl methyl sites for hydroxylation is 1. The standard InChI is InChI=1S/C19H13F3N2O3S/c1-10-4-2-3-5-11(10)8-14-18(26)24(19(27)28-14)9-15(25)23-13-7-6-12(20)16(21)17(13)22/h2-8H,9H2,1H3,(H,23,25)/b14-8+. The van der Waals surface area contributed by atoms with Crippen molar-refractivity contribution in [2.45, 2.75) is 6.92 Å². The van der Waals surface area contributed by atoms with Crippen LogP contribution in [-0.2, 0) is 9.59 Å². The number of anilines is 1. The number of imide groups is 1. The first-order chi connectivity index (χ1) is 13.3. The van der Waals surface area contributed by atoms with E-state index in [9.17, 15) is 27.6 Å². The van der Waals surface area contributed by atoms with Crippen molar-refractivity contribution in [3.8, 4) is 0 Å². The average molecular weight is 406 g/mol. The SMILES string of the molecule is Cc1ccccc1/C=C1/SC(=O)N(CC(=O)Nc2ccc(F)c(F)c2F)C1=O. The van der Waals surface area contributed by atoms with Crippen LogP contribution in [0.4, 0.5) is 23.7 Å². The van der Waals surface area contributed by atoms with E-state index in [1.165, 1.54) is 0 Å². The molecule has 0 radical (unpaired) electrons. The number of benzene rings is 2. The van der Waals surface area contributed by atoms with Gasteiger partial charge in [-0.2, -0.15) is 0 Å². The van der Waals surface area contributed by atoms with Crippen LogP contribution in [0.3, 0.4) is 0 Å². The Morgan fingerprint density at radius 2 is 1.82 bits per heavy atom. The van der Waals surface area contributed by atoms with Crippen LogP contribution >= 0.6 is 11.8 Å². The Labute approximate surface area is 162 Å². The molecule has 9 heteroatoms. The Morgan fingerprint density at radius 1 is 1.11 bits per heavy atom. The van der Waals surface area contributed by atoms with Crippen LogP contribution in [0.15, 0.2) is 41.3 Å². The lowest BCUT2D eigenvalue weighted by Crippen LogP contribution is -2.36. The van der Waals surface area contributed by atoms with Crippen molar-refractivity contribution in [2.24, 2.45) is 0 Å². The fourth-order valence-corrected chi connectivity index (χ4v) is 3.31. The molecule has 1 N–H and O–H groups in total. The summed E-state index contributed by atoms with van der Waals surface area (Å²) in [6, 6.07) is 8.74. The first-order valence-electron chi connectivity index (χ1n) is 8.02. The molecule has 144 valence electrons. The molecule has 0 bridgehead atoms. The largest absolute Gasteiger partial charge is 0.322 e. The van der Waals surface area contributed by atoms with E-state index in [4.69, 9.17) is 0 Å². The van der Waals surface area contributed by atoms with Crippen LogP contribution < -0.4 is 5.32 Å². The number of rotatable bonds is 4. The van der Waals surface area contributed by atoms with E-state index in [2.05, 4.69) is 0 Å². The number of halogens is 3. The highest BCUT2D eigenvalue weighted by molar-refractivity contribution is 8.18. The molecule has 1 aliphatic rings. The highest BCUT2D eigenvalue weighted by Crippen LogP contribution is 2.32.